The highest BCUT2D eigenvalue weighted by molar-refractivity contribution is 5.85. The summed E-state index contributed by atoms with van der Waals surface area (Å²) in [6.45, 7) is 2.24. The molecule has 1 saturated carbocycles. The Morgan fingerprint density at radius 3 is 3.14 bits per heavy atom. The van der Waals surface area contributed by atoms with Crippen molar-refractivity contribution in [1.29, 1.82) is 0 Å². The van der Waals surface area contributed by atoms with Gasteiger partial charge >= 0.3 is 5.97 Å². The SMILES string of the molecule is CCOC(=O)CC1CCCC(=NO)C1. The van der Waals surface area contributed by atoms with Gasteiger partial charge < -0.3 is 9.94 Å². The lowest BCUT2D eigenvalue weighted by Crippen LogP contribution is -2.19. The van der Waals surface area contributed by atoms with Crippen molar-refractivity contribution < 1.29 is 14.7 Å². The summed E-state index contributed by atoms with van der Waals surface area (Å²) in [5.74, 6) is 0.158. The molecule has 1 fully saturated rings. The van der Waals surface area contributed by atoms with Crippen LogP contribution in [-0.4, -0.2) is 23.5 Å². The summed E-state index contributed by atoms with van der Waals surface area (Å²) in [6.07, 6.45) is 4.07. The fourth-order valence-corrected chi connectivity index (χ4v) is 1.85. The summed E-state index contributed by atoms with van der Waals surface area (Å²) >= 11 is 0. The van der Waals surface area contributed by atoms with Crippen molar-refractivity contribution in [2.75, 3.05) is 6.61 Å². The second-order valence-corrected chi connectivity index (χ2v) is 3.64. The number of carbonyl (C=O) groups is 1. The number of esters is 1. The van der Waals surface area contributed by atoms with Crippen molar-refractivity contribution in [3.05, 3.63) is 0 Å². The molecule has 0 saturated heterocycles. The lowest BCUT2D eigenvalue weighted by atomic mass is 9.86. The molecule has 1 N–H and O–H groups in total. The van der Waals surface area contributed by atoms with Crippen LogP contribution in [0, 0.1) is 5.92 Å². The van der Waals surface area contributed by atoms with Gasteiger partial charge in [-0.15, -0.1) is 0 Å². The van der Waals surface area contributed by atoms with Gasteiger partial charge in [-0.05, 0) is 38.5 Å². The Kier molecular flexibility index (Phi) is 4.43. The molecule has 0 bridgehead atoms. The van der Waals surface area contributed by atoms with Gasteiger partial charge in [-0.3, -0.25) is 4.79 Å². The first-order chi connectivity index (χ1) is 6.76. The molecule has 0 aromatic carbocycles. The van der Waals surface area contributed by atoms with Gasteiger partial charge in [-0.2, -0.15) is 0 Å². The van der Waals surface area contributed by atoms with E-state index in [4.69, 9.17) is 9.94 Å². The Bertz CT molecular complexity index is 225. The van der Waals surface area contributed by atoms with Crippen molar-refractivity contribution >= 4 is 11.7 Å². The lowest BCUT2D eigenvalue weighted by Gasteiger charge is -2.21. The number of rotatable bonds is 3. The molecule has 0 radical (unpaired) electrons. The summed E-state index contributed by atoms with van der Waals surface area (Å²) in [5.41, 5.74) is 0.811. The zero-order valence-electron chi connectivity index (χ0n) is 8.53. The monoisotopic (exact) mass is 199 g/mol. The molecule has 4 nitrogen and oxygen atoms in total. The molecule has 14 heavy (non-hydrogen) atoms. The number of ether oxygens (including phenoxy) is 1. The first-order valence-electron chi connectivity index (χ1n) is 5.11. The fourth-order valence-electron chi connectivity index (χ4n) is 1.85. The van der Waals surface area contributed by atoms with Gasteiger partial charge in [0.1, 0.15) is 0 Å². The number of hydrogen-bond acceptors (Lipinski definition) is 4. The highest BCUT2D eigenvalue weighted by atomic mass is 16.5. The van der Waals surface area contributed by atoms with E-state index in [0.29, 0.717) is 18.9 Å². The smallest absolute Gasteiger partial charge is 0.306 e. The number of hydrogen-bond donors (Lipinski definition) is 1. The molecule has 1 atom stereocenters. The zero-order valence-corrected chi connectivity index (χ0v) is 8.53. The Hall–Kier alpha value is -1.06. The maximum Gasteiger partial charge on any atom is 0.306 e. The van der Waals surface area contributed by atoms with E-state index in [1.807, 2.05) is 0 Å². The van der Waals surface area contributed by atoms with Crippen molar-refractivity contribution in [2.45, 2.75) is 39.0 Å². The quantitative estimate of drug-likeness (QED) is 0.429. The van der Waals surface area contributed by atoms with Crippen molar-refractivity contribution in [3.8, 4) is 0 Å². The fraction of sp³-hybridized carbons (Fsp3) is 0.800. The zero-order chi connectivity index (χ0) is 10.4. The van der Waals surface area contributed by atoms with E-state index in [9.17, 15) is 4.79 Å². The van der Waals surface area contributed by atoms with Gasteiger partial charge in [-0.25, -0.2) is 0 Å². The largest absolute Gasteiger partial charge is 0.466 e. The standard InChI is InChI=1S/C10H17NO3/c1-2-14-10(12)7-8-4-3-5-9(6-8)11-13/h8,13H,2-7H2,1H3. The van der Waals surface area contributed by atoms with Crippen LogP contribution in [0.1, 0.15) is 39.0 Å². The molecule has 0 amide bonds. The summed E-state index contributed by atoms with van der Waals surface area (Å²) < 4.78 is 4.87. The molecule has 0 heterocycles. The number of oxime groups is 1. The van der Waals surface area contributed by atoms with Crippen LogP contribution in [0.4, 0.5) is 0 Å². The highest BCUT2D eigenvalue weighted by Gasteiger charge is 2.21. The van der Waals surface area contributed by atoms with Gasteiger partial charge in [-0.1, -0.05) is 5.16 Å². The van der Waals surface area contributed by atoms with Gasteiger partial charge in [0.25, 0.3) is 0 Å². The molecular weight excluding hydrogens is 182 g/mol. The number of nitrogens with zero attached hydrogens (tertiary/aromatic N) is 1. The predicted octanol–water partition coefficient (Wildman–Crippen LogP) is 1.96. The van der Waals surface area contributed by atoms with Crippen molar-refractivity contribution in [1.82, 2.24) is 0 Å². The first-order valence-corrected chi connectivity index (χ1v) is 5.11. The van der Waals surface area contributed by atoms with Crippen LogP contribution in [0.2, 0.25) is 0 Å². The van der Waals surface area contributed by atoms with Crippen molar-refractivity contribution in [3.63, 3.8) is 0 Å². The van der Waals surface area contributed by atoms with Crippen LogP contribution in [0.25, 0.3) is 0 Å². The number of carbonyl (C=O) groups excluding carboxylic acids is 1. The van der Waals surface area contributed by atoms with Gasteiger partial charge in [0.2, 0.25) is 0 Å². The molecule has 1 aliphatic carbocycles. The van der Waals surface area contributed by atoms with E-state index in [-0.39, 0.29) is 5.97 Å². The molecule has 1 aliphatic rings. The molecule has 1 unspecified atom stereocenters. The Labute approximate surface area is 83.9 Å². The third-order valence-corrected chi connectivity index (χ3v) is 2.50. The third kappa shape index (κ3) is 3.36. The molecule has 0 aromatic rings. The molecular formula is C10H17NO3. The summed E-state index contributed by atoms with van der Waals surface area (Å²) in [5, 5.41) is 11.8. The van der Waals surface area contributed by atoms with Crippen LogP contribution < -0.4 is 0 Å². The van der Waals surface area contributed by atoms with Gasteiger partial charge in [0.15, 0.2) is 0 Å². The Morgan fingerprint density at radius 1 is 1.71 bits per heavy atom. The maximum atomic E-state index is 11.2. The predicted molar refractivity (Wildman–Crippen MR) is 52.4 cm³/mol. The van der Waals surface area contributed by atoms with Gasteiger partial charge in [0, 0.05) is 6.42 Å². The van der Waals surface area contributed by atoms with Crippen LogP contribution in [0.5, 0.6) is 0 Å². The molecule has 4 heteroatoms. The van der Waals surface area contributed by atoms with Crippen molar-refractivity contribution in [2.24, 2.45) is 11.1 Å². The molecule has 0 aliphatic heterocycles. The molecule has 0 aromatic heterocycles. The lowest BCUT2D eigenvalue weighted by molar-refractivity contribution is -0.144. The van der Waals surface area contributed by atoms with Crippen LogP contribution in [-0.2, 0) is 9.53 Å². The van der Waals surface area contributed by atoms with Crippen LogP contribution in [0.15, 0.2) is 5.16 Å². The van der Waals surface area contributed by atoms with Crippen LogP contribution >= 0.6 is 0 Å². The van der Waals surface area contributed by atoms with Gasteiger partial charge in [0.05, 0.1) is 12.3 Å². The average Bonchev–Trinajstić information content (AvgIpc) is 2.18. The van der Waals surface area contributed by atoms with Crippen LogP contribution in [0.3, 0.4) is 0 Å². The van der Waals surface area contributed by atoms with E-state index in [2.05, 4.69) is 5.16 Å². The molecule has 0 spiro atoms. The van der Waals surface area contributed by atoms with E-state index >= 15 is 0 Å². The second kappa shape index (κ2) is 5.62. The summed E-state index contributed by atoms with van der Waals surface area (Å²) in [4.78, 5) is 11.2. The van der Waals surface area contributed by atoms with E-state index < -0.39 is 0 Å². The second-order valence-electron chi connectivity index (χ2n) is 3.64. The molecule has 80 valence electrons. The third-order valence-electron chi connectivity index (χ3n) is 2.50. The topological polar surface area (TPSA) is 58.9 Å². The Balaban J connectivity index is 2.34. The highest BCUT2D eigenvalue weighted by Crippen LogP contribution is 2.25. The maximum absolute atomic E-state index is 11.2. The van der Waals surface area contributed by atoms with E-state index in [1.165, 1.54) is 0 Å². The minimum atomic E-state index is -0.142. The normalized spacial score (nSPS) is 24.9. The Morgan fingerprint density at radius 2 is 2.50 bits per heavy atom. The summed E-state index contributed by atoms with van der Waals surface area (Å²) in [6, 6.07) is 0. The average molecular weight is 199 g/mol. The minimum absolute atomic E-state index is 0.142. The molecule has 1 rings (SSSR count). The first kappa shape index (κ1) is 11.0. The van der Waals surface area contributed by atoms with E-state index in [1.54, 1.807) is 6.92 Å². The minimum Gasteiger partial charge on any atom is -0.466 e. The van der Waals surface area contributed by atoms with E-state index in [0.717, 1.165) is 31.4 Å². The summed E-state index contributed by atoms with van der Waals surface area (Å²) in [7, 11) is 0.